The van der Waals surface area contributed by atoms with Gasteiger partial charge in [0.05, 0.1) is 17.3 Å². The van der Waals surface area contributed by atoms with Crippen molar-refractivity contribution < 1.29 is 19.4 Å². The molecule has 0 aliphatic rings. The molecule has 1 atom stereocenters. The number of aliphatic carboxylic acids is 1. The molecule has 2 aromatic carbocycles. The molecule has 142 valence electrons. The largest absolute Gasteiger partial charge is 0.548 e. The van der Waals surface area contributed by atoms with Gasteiger partial charge >= 0.3 is 0 Å². The van der Waals surface area contributed by atoms with Crippen LogP contribution in [0.5, 0.6) is 11.5 Å². The molecule has 0 N–H and O–H groups in total. The van der Waals surface area contributed by atoms with Crippen LogP contribution in [0.3, 0.4) is 0 Å². The third-order valence-electron chi connectivity index (χ3n) is 4.06. The summed E-state index contributed by atoms with van der Waals surface area (Å²) in [6.45, 7) is 6.40. The van der Waals surface area contributed by atoms with Crippen LogP contribution in [0.15, 0.2) is 53.4 Å². The Morgan fingerprint density at radius 1 is 1.04 bits per heavy atom. The summed E-state index contributed by atoms with van der Waals surface area (Å²) in [5.41, 5.74) is 0.678. The lowest BCUT2D eigenvalue weighted by Gasteiger charge is -2.34. The maximum Gasteiger partial charge on any atom is 0.149 e. The number of carbonyl (C=O) groups excluding carboxylic acids is 1. The van der Waals surface area contributed by atoms with Gasteiger partial charge < -0.3 is 19.4 Å². The van der Waals surface area contributed by atoms with Crippen molar-refractivity contribution >= 4 is 17.7 Å². The van der Waals surface area contributed by atoms with Crippen molar-refractivity contribution in [1.29, 1.82) is 0 Å². The van der Waals surface area contributed by atoms with Crippen molar-refractivity contribution in [3.05, 3.63) is 54.1 Å². The first kappa shape index (κ1) is 20.7. The molecule has 2 rings (SSSR count). The van der Waals surface area contributed by atoms with Crippen LogP contribution < -0.4 is 14.6 Å². The van der Waals surface area contributed by atoms with Crippen LogP contribution >= 0.6 is 11.8 Å². The first-order chi connectivity index (χ1) is 13.1. The number of benzene rings is 2. The zero-order valence-corrected chi connectivity index (χ0v) is 16.6. The second kappa shape index (κ2) is 9.94. The first-order valence-corrected chi connectivity index (χ1v) is 9.63. The van der Waals surface area contributed by atoms with Gasteiger partial charge in [0.25, 0.3) is 0 Å². The minimum Gasteiger partial charge on any atom is -0.548 e. The van der Waals surface area contributed by atoms with E-state index in [0.717, 1.165) is 4.90 Å². The molecule has 2 aromatic rings. The Hall–Kier alpha value is -2.58. The summed E-state index contributed by atoms with van der Waals surface area (Å²) in [5, 5.41) is 12.1. The van der Waals surface area contributed by atoms with Gasteiger partial charge in [-0.25, -0.2) is 0 Å². The summed E-state index contributed by atoms with van der Waals surface area (Å²) >= 11 is 1.27. The van der Waals surface area contributed by atoms with Gasteiger partial charge in [0.1, 0.15) is 18.1 Å². The molecule has 0 aliphatic carbocycles. The van der Waals surface area contributed by atoms with Crippen LogP contribution in [-0.4, -0.2) is 19.2 Å². The Kier molecular flexibility index (Phi) is 7.63. The molecule has 0 saturated heterocycles. The van der Waals surface area contributed by atoms with Crippen molar-refractivity contribution in [2.75, 3.05) is 13.2 Å². The molecule has 1 unspecified atom stereocenters. The summed E-state index contributed by atoms with van der Waals surface area (Å²) in [6.07, 6.45) is 0.387. The van der Waals surface area contributed by atoms with E-state index in [4.69, 9.17) is 9.47 Å². The van der Waals surface area contributed by atoms with E-state index in [9.17, 15) is 9.90 Å². The van der Waals surface area contributed by atoms with Crippen LogP contribution in [0.4, 0.5) is 0 Å². The van der Waals surface area contributed by atoms with Crippen LogP contribution in [0.2, 0.25) is 0 Å². The zero-order valence-electron chi connectivity index (χ0n) is 15.8. The van der Waals surface area contributed by atoms with Crippen molar-refractivity contribution in [1.82, 2.24) is 0 Å². The van der Waals surface area contributed by atoms with E-state index in [1.807, 2.05) is 38.1 Å². The van der Waals surface area contributed by atoms with Gasteiger partial charge in [0, 0.05) is 4.90 Å². The molecule has 0 radical (unpaired) electrons. The minimum atomic E-state index is -1.18. The highest BCUT2D eigenvalue weighted by molar-refractivity contribution is 8.01. The van der Waals surface area contributed by atoms with E-state index in [0.29, 0.717) is 36.7 Å². The molecule has 0 fully saturated rings. The lowest BCUT2D eigenvalue weighted by atomic mass is 9.95. The molecule has 0 amide bonds. The van der Waals surface area contributed by atoms with Gasteiger partial charge in [-0.2, -0.15) is 0 Å². The number of thioether (sulfide) groups is 1. The highest BCUT2D eigenvalue weighted by Gasteiger charge is 2.33. The van der Waals surface area contributed by atoms with E-state index in [2.05, 4.69) is 11.8 Å². The van der Waals surface area contributed by atoms with Gasteiger partial charge in [-0.3, -0.25) is 0 Å². The fourth-order valence-electron chi connectivity index (χ4n) is 2.62. The second-order valence-electron chi connectivity index (χ2n) is 5.71. The topological polar surface area (TPSA) is 58.6 Å². The maximum absolute atomic E-state index is 12.1. The first-order valence-electron chi connectivity index (χ1n) is 8.82. The van der Waals surface area contributed by atoms with Crippen molar-refractivity contribution in [3.63, 3.8) is 0 Å². The fourth-order valence-corrected chi connectivity index (χ4v) is 3.78. The number of carboxylic acid groups (broad SMARTS) is 1. The Morgan fingerprint density at radius 3 is 2.15 bits per heavy atom. The molecule has 5 heteroatoms. The quantitative estimate of drug-likeness (QED) is 0.489. The summed E-state index contributed by atoms with van der Waals surface area (Å²) in [4.78, 5) is 12.9. The van der Waals surface area contributed by atoms with E-state index >= 15 is 0 Å². The van der Waals surface area contributed by atoms with Gasteiger partial charge in [0.2, 0.25) is 0 Å². The molecule has 0 spiro atoms. The standard InChI is InChI=1S/C22H24O4S/c1-4-7-16-26-19-12-14-20(15-13-19)27-22(5-2,21(23)24)17-8-10-18(11-9-17)25-6-3/h8-15H,5-6,16H2,1-3H3,(H,23,24)/p-1. The number of hydrogen-bond acceptors (Lipinski definition) is 5. The molecule has 0 bridgehead atoms. The molecule has 0 aliphatic heterocycles. The van der Waals surface area contributed by atoms with Gasteiger partial charge in [0.15, 0.2) is 0 Å². The monoisotopic (exact) mass is 383 g/mol. The lowest BCUT2D eigenvalue weighted by molar-refractivity contribution is -0.309. The molecule has 0 aromatic heterocycles. The maximum atomic E-state index is 12.1. The third-order valence-corrected chi connectivity index (χ3v) is 5.61. The van der Waals surface area contributed by atoms with Crippen LogP contribution in [0.1, 0.15) is 32.8 Å². The Bertz CT molecular complexity index is 803. The number of hydrogen-bond donors (Lipinski definition) is 0. The number of carboxylic acids is 1. The Balaban J connectivity index is 2.25. The Morgan fingerprint density at radius 2 is 1.63 bits per heavy atom. The van der Waals surface area contributed by atoms with Crippen LogP contribution in [-0.2, 0) is 9.54 Å². The summed E-state index contributed by atoms with van der Waals surface area (Å²) in [7, 11) is 0. The summed E-state index contributed by atoms with van der Waals surface area (Å²) < 4.78 is 9.77. The molecule has 0 saturated carbocycles. The highest BCUT2D eigenvalue weighted by Crippen LogP contribution is 2.44. The van der Waals surface area contributed by atoms with Crippen molar-refractivity contribution in [3.8, 4) is 23.3 Å². The minimum absolute atomic E-state index is 0.327. The third kappa shape index (κ3) is 5.21. The highest BCUT2D eigenvalue weighted by atomic mass is 32.2. The van der Waals surface area contributed by atoms with Gasteiger partial charge in [-0.15, -0.1) is 17.7 Å². The summed E-state index contributed by atoms with van der Waals surface area (Å²) in [5.74, 6) is 5.90. The van der Waals surface area contributed by atoms with E-state index < -0.39 is 10.7 Å². The number of ether oxygens (including phenoxy) is 2. The van der Waals surface area contributed by atoms with E-state index in [1.165, 1.54) is 11.8 Å². The van der Waals surface area contributed by atoms with E-state index in [-0.39, 0.29) is 0 Å². The second-order valence-corrected chi connectivity index (χ2v) is 7.09. The normalized spacial score (nSPS) is 12.4. The lowest BCUT2D eigenvalue weighted by Crippen LogP contribution is -2.43. The number of rotatable bonds is 9. The zero-order chi connectivity index (χ0) is 19.7. The average molecular weight is 383 g/mol. The predicted octanol–water partition coefficient (Wildman–Crippen LogP) is 3.63. The number of carbonyl (C=O) groups is 1. The van der Waals surface area contributed by atoms with Gasteiger partial charge in [-0.05, 0) is 62.2 Å². The van der Waals surface area contributed by atoms with E-state index in [1.54, 1.807) is 31.2 Å². The Labute approximate surface area is 164 Å². The van der Waals surface area contributed by atoms with Crippen molar-refractivity contribution in [2.24, 2.45) is 0 Å². The molecule has 27 heavy (non-hydrogen) atoms. The SMILES string of the molecule is CC#CCOc1ccc(SC(CC)(C(=O)[O-])c2ccc(OCC)cc2)cc1. The molecule has 4 nitrogen and oxygen atoms in total. The fraction of sp³-hybridized carbons (Fsp3) is 0.318. The van der Waals surface area contributed by atoms with Crippen molar-refractivity contribution in [2.45, 2.75) is 36.8 Å². The summed E-state index contributed by atoms with van der Waals surface area (Å²) in [6, 6.07) is 14.5. The average Bonchev–Trinajstić information content (AvgIpc) is 2.68. The van der Waals surface area contributed by atoms with Gasteiger partial charge in [-0.1, -0.05) is 25.0 Å². The molecule has 0 heterocycles. The van der Waals surface area contributed by atoms with Crippen LogP contribution in [0.25, 0.3) is 0 Å². The molecular formula is C22H23O4S-. The predicted molar refractivity (Wildman–Crippen MR) is 106 cm³/mol. The smallest absolute Gasteiger partial charge is 0.149 e. The molecular weight excluding hydrogens is 360 g/mol. The van der Waals surface area contributed by atoms with Crippen LogP contribution in [0, 0.1) is 11.8 Å².